The minimum Gasteiger partial charge on any atom is -0.455 e. The van der Waals surface area contributed by atoms with E-state index >= 15 is 0 Å². The Morgan fingerprint density at radius 2 is 2.08 bits per heavy atom. The molecule has 6 heteroatoms. The van der Waals surface area contributed by atoms with Gasteiger partial charge < -0.3 is 25.2 Å². The summed E-state index contributed by atoms with van der Waals surface area (Å²) in [5, 5.41) is 35.3. The topological polar surface area (TPSA) is 107 Å². The fraction of sp³-hybridized carbons (Fsp3) is 0.833. The van der Waals surface area contributed by atoms with Crippen LogP contribution in [0.3, 0.4) is 0 Å². The molecule has 0 aliphatic carbocycles. The molecule has 0 amide bonds. The van der Waals surface area contributed by atoms with Crippen LogP contribution >= 0.6 is 0 Å². The Bertz CT molecular complexity index is 181. The standard InChI is InChI=1S/C6H10O6/c7-1-2(8)5-3(9)4(10)6(11)12-5/h2-5,7-10H,1H2/t2-,3-,4+,5+/m0/s1. The van der Waals surface area contributed by atoms with Gasteiger partial charge in [0.2, 0.25) is 0 Å². The number of aliphatic hydroxyl groups excluding tert-OH is 4. The van der Waals surface area contributed by atoms with E-state index in [2.05, 4.69) is 4.74 Å². The Kier molecular flexibility index (Phi) is 2.63. The highest BCUT2D eigenvalue weighted by Crippen LogP contribution is 2.18. The number of rotatable bonds is 2. The van der Waals surface area contributed by atoms with Crippen molar-refractivity contribution in [2.75, 3.05) is 6.61 Å². The van der Waals surface area contributed by atoms with Crippen molar-refractivity contribution in [2.24, 2.45) is 0 Å². The smallest absolute Gasteiger partial charge is 0.338 e. The van der Waals surface area contributed by atoms with E-state index in [1.165, 1.54) is 0 Å². The quantitative estimate of drug-likeness (QED) is 0.335. The molecular formula is C6H10O6. The molecule has 0 radical (unpaired) electrons. The van der Waals surface area contributed by atoms with Gasteiger partial charge in [-0.25, -0.2) is 4.79 Å². The molecule has 0 aromatic heterocycles. The van der Waals surface area contributed by atoms with E-state index in [1.54, 1.807) is 0 Å². The van der Waals surface area contributed by atoms with Crippen molar-refractivity contribution in [3.63, 3.8) is 0 Å². The van der Waals surface area contributed by atoms with Crippen LogP contribution in [0.2, 0.25) is 0 Å². The van der Waals surface area contributed by atoms with E-state index < -0.39 is 37.0 Å². The van der Waals surface area contributed by atoms with Gasteiger partial charge in [-0.2, -0.15) is 0 Å². The van der Waals surface area contributed by atoms with Crippen molar-refractivity contribution in [3.8, 4) is 0 Å². The summed E-state index contributed by atoms with van der Waals surface area (Å²) < 4.78 is 4.39. The zero-order valence-electron chi connectivity index (χ0n) is 6.12. The first kappa shape index (κ1) is 9.40. The van der Waals surface area contributed by atoms with Crippen LogP contribution in [0.4, 0.5) is 0 Å². The van der Waals surface area contributed by atoms with Gasteiger partial charge in [0.05, 0.1) is 6.61 Å². The number of cyclic esters (lactones) is 1. The zero-order valence-corrected chi connectivity index (χ0v) is 6.12. The number of hydrogen-bond acceptors (Lipinski definition) is 6. The number of carbonyl (C=O) groups excluding carboxylic acids is 1. The van der Waals surface area contributed by atoms with Crippen molar-refractivity contribution >= 4 is 5.97 Å². The number of hydrogen-bond donors (Lipinski definition) is 4. The molecule has 0 bridgehead atoms. The first-order valence-electron chi connectivity index (χ1n) is 3.43. The average molecular weight is 178 g/mol. The maximum Gasteiger partial charge on any atom is 0.338 e. The molecule has 6 nitrogen and oxygen atoms in total. The van der Waals surface area contributed by atoms with Crippen molar-refractivity contribution in [2.45, 2.75) is 24.4 Å². The molecule has 0 unspecified atom stereocenters. The highest BCUT2D eigenvalue weighted by Gasteiger charge is 2.45. The summed E-state index contributed by atoms with van der Waals surface area (Å²) in [5.41, 5.74) is 0. The molecule has 1 fully saturated rings. The van der Waals surface area contributed by atoms with Gasteiger partial charge in [0.25, 0.3) is 0 Å². The Balaban J connectivity index is 2.64. The lowest BCUT2D eigenvalue weighted by Gasteiger charge is -2.17. The summed E-state index contributed by atoms with van der Waals surface area (Å²) in [6.07, 6.45) is -5.70. The van der Waals surface area contributed by atoms with Gasteiger partial charge in [0.1, 0.15) is 12.2 Å². The van der Waals surface area contributed by atoms with E-state index in [1.807, 2.05) is 0 Å². The Labute approximate surface area is 68.0 Å². The van der Waals surface area contributed by atoms with E-state index in [4.69, 9.17) is 20.4 Å². The minimum atomic E-state index is -1.63. The molecule has 4 N–H and O–H groups in total. The average Bonchev–Trinajstić information content (AvgIpc) is 2.32. The second-order valence-electron chi connectivity index (χ2n) is 2.59. The van der Waals surface area contributed by atoms with Gasteiger partial charge in [-0.15, -0.1) is 0 Å². The number of carbonyl (C=O) groups is 1. The predicted octanol–water partition coefficient (Wildman–Crippen LogP) is -3.01. The molecule has 1 saturated heterocycles. The SMILES string of the molecule is O=C1O[C@H]([C@@H](O)CO)[C@@H](O)[C@H]1O. The highest BCUT2D eigenvalue weighted by molar-refractivity contribution is 5.77. The van der Waals surface area contributed by atoms with Crippen LogP contribution < -0.4 is 0 Å². The highest BCUT2D eigenvalue weighted by atomic mass is 16.6. The maximum absolute atomic E-state index is 10.6. The Morgan fingerprint density at radius 1 is 1.50 bits per heavy atom. The van der Waals surface area contributed by atoms with Crippen molar-refractivity contribution in [1.29, 1.82) is 0 Å². The molecule has 0 spiro atoms. The van der Waals surface area contributed by atoms with E-state index in [-0.39, 0.29) is 0 Å². The third-order valence-electron chi connectivity index (χ3n) is 1.72. The Hall–Kier alpha value is -0.690. The van der Waals surface area contributed by atoms with Crippen LogP contribution in [0.15, 0.2) is 0 Å². The van der Waals surface area contributed by atoms with Crippen LogP contribution in [0, 0.1) is 0 Å². The fourth-order valence-corrected chi connectivity index (χ4v) is 1.00. The second kappa shape index (κ2) is 3.36. The number of esters is 1. The summed E-state index contributed by atoms with van der Waals surface area (Å²) in [6.45, 7) is -0.637. The third kappa shape index (κ3) is 1.42. The van der Waals surface area contributed by atoms with Gasteiger partial charge in [-0.05, 0) is 0 Å². The first-order chi connectivity index (χ1) is 5.57. The second-order valence-corrected chi connectivity index (χ2v) is 2.59. The third-order valence-corrected chi connectivity index (χ3v) is 1.72. The van der Waals surface area contributed by atoms with Crippen molar-refractivity contribution in [1.82, 2.24) is 0 Å². The minimum absolute atomic E-state index is 0.637. The van der Waals surface area contributed by atoms with E-state index in [9.17, 15) is 4.79 Å². The van der Waals surface area contributed by atoms with Gasteiger partial charge in [0.15, 0.2) is 12.2 Å². The van der Waals surface area contributed by atoms with Crippen LogP contribution in [-0.4, -0.2) is 57.4 Å². The molecule has 0 aromatic rings. The molecule has 4 atom stereocenters. The summed E-state index contributed by atoms with van der Waals surface area (Å²) >= 11 is 0. The van der Waals surface area contributed by atoms with Gasteiger partial charge >= 0.3 is 5.97 Å². The van der Waals surface area contributed by atoms with E-state index in [0.717, 1.165) is 0 Å². The van der Waals surface area contributed by atoms with Crippen LogP contribution in [0.5, 0.6) is 0 Å². The molecule has 1 aliphatic heterocycles. The normalized spacial score (nSPS) is 38.0. The van der Waals surface area contributed by atoms with Crippen LogP contribution in [-0.2, 0) is 9.53 Å². The van der Waals surface area contributed by atoms with Gasteiger partial charge in [-0.3, -0.25) is 0 Å². The zero-order chi connectivity index (χ0) is 9.30. The van der Waals surface area contributed by atoms with Crippen LogP contribution in [0.1, 0.15) is 0 Å². The van der Waals surface area contributed by atoms with Crippen molar-refractivity contribution in [3.05, 3.63) is 0 Å². The van der Waals surface area contributed by atoms with Crippen molar-refractivity contribution < 1.29 is 30.0 Å². The van der Waals surface area contributed by atoms with Crippen LogP contribution in [0.25, 0.3) is 0 Å². The first-order valence-corrected chi connectivity index (χ1v) is 3.43. The molecule has 0 saturated carbocycles. The largest absolute Gasteiger partial charge is 0.455 e. The monoisotopic (exact) mass is 178 g/mol. The maximum atomic E-state index is 10.6. The summed E-state index contributed by atoms with van der Waals surface area (Å²) in [4.78, 5) is 10.6. The lowest BCUT2D eigenvalue weighted by Crippen LogP contribution is -2.40. The lowest BCUT2D eigenvalue weighted by molar-refractivity contribution is -0.151. The van der Waals surface area contributed by atoms with E-state index in [0.29, 0.717) is 0 Å². The number of aliphatic hydroxyl groups is 4. The molecule has 12 heavy (non-hydrogen) atoms. The van der Waals surface area contributed by atoms with Gasteiger partial charge in [0, 0.05) is 0 Å². The number of ether oxygens (including phenoxy) is 1. The predicted molar refractivity (Wildman–Crippen MR) is 35.0 cm³/mol. The summed E-state index contributed by atoms with van der Waals surface area (Å²) in [7, 11) is 0. The lowest BCUT2D eigenvalue weighted by atomic mass is 10.1. The summed E-state index contributed by atoms with van der Waals surface area (Å²) in [5.74, 6) is -0.986. The van der Waals surface area contributed by atoms with Gasteiger partial charge in [-0.1, -0.05) is 0 Å². The molecule has 0 aromatic carbocycles. The molecule has 1 rings (SSSR count). The molecule has 70 valence electrons. The fourth-order valence-electron chi connectivity index (χ4n) is 1.00. The summed E-state index contributed by atoms with van der Waals surface area (Å²) in [6, 6.07) is 0. The molecule has 1 aliphatic rings. The molecule has 1 heterocycles. The molecular weight excluding hydrogens is 168 g/mol. The Morgan fingerprint density at radius 3 is 2.42 bits per heavy atom.